The molecule has 1 fully saturated rings. The molecule has 8 amide bonds. The molecule has 0 radical (unpaired) electrons. The van der Waals surface area contributed by atoms with Gasteiger partial charge < -0.3 is 51.5 Å². The number of halogens is 1. The molecule has 5 heterocycles. The molecule has 1 atom stereocenters. The second-order valence-electron chi connectivity index (χ2n) is 18.8. The molecule has 3 aliphatic heterocycles. The zero-order valence-corrected chi connectivity index (χ0v) is 44.1. The van der Waals surface area contributed by atoms with Gasteiger partial charge in [-0.2, -0.15) is 0 Å². The number of nitrogens with two attached hydrogens (primary N) is 1. The van der Waals surface area contributed by atoms with E-state index in [-0.39, 0.29) is 92.0 Å². The average Bonchev–Trinajstić information content (AvgIpc) is 4.03. The summed E-state index contributed by atoms with van der Waals surface area (Å²) in [4.78, 5) is 123. The monoisotopic (exact) mass is 1080 g/mol. The average molecular weight is 1080 g/mol. The number of esters is 1. The van der Waals surface area contributed by atoms with Gasteiger partial charge in [-0.3, -0.25) is 48.1 Å². The number of hydrogen-bond acceptors (Lipinski definition) is 14. The zero-order chi connectivity index (χ0) is 56.6. The van der Waals surface area contributed by atoms with E-state index >= 15 is 0 Å². The number of amides is 8. The van der Waals surface area contributed by atoms with E-state index in [1.54, 1.807) is 17.6 Å². The smallest absolute Gasteiger partial charge is 0.340 e. The van der Waals surface area contributed by atoms with Gasteiger partial charge in [0.2, 0.25) is 35.4 Å². The molecule has 9 rings (SSSR count). The number of aliphatic hydroxyl groups is 1. The summed E-state index contributed by atoms with van der Waals surface area (Å²) in [5, 5.41) is 23.0. The van der Waals surface area contributed by atoms with Gasteiger partial charge in [0.05, 0.1) is 61.3 Å². The van der Waals surface area contributed by atoms with Crippen LogP contribution in [0.1, 0.15) is 104 Å². The van der Waals surface area contributed by atoms with E-state index in [1.165, 1.54) is 23.8 Å². The molecule has 0 spiro atoms. The van der Waals surface area contributed by atoms with Crippen molar-refractivity contribution in [3.05, 3.63) is 110 Å². The lowest BCUT2D eigenvalue weighted by atomic mass is 9.82. The maximum atomic E-state index is 14.5. The number of ether oxygens (including phenoxy) is 2. The quantitative estimate of drug-likeness (QED) is 0.0285. The van der Waals surface area contributed by atoms with E-state index in [1.807, 2.05) is 32.0 Å². The first-order chi connectivity index (χ1) is 37.4. The molecule has 1 saturated carbocycles. The number of aromatic nitrogens is 2. The highest BCUT2D eigenvalue weighted by molar-refractivity contribution is 6.12. The maximum Gasteiger partial charge on any atom is 0.340 e. The number of nitrogens with one attached hydrogen (secondary N) is 5. The number of pyridine rings is 2. The molecule has 1 unspecified atom stereocenters. The molecule has 8 N–H and O–H groups in total. The highest BCUT2D eigenvalue weighted by atomic mass is 19.1. The lowest BCUT2D eigenvalue weighted by molar-refractivity contribution is -0.157. The van der Waals surface area contributed by atoms with Crippen LogP contribution >= 0.6 is 0 Å². The van der Waals surface area contributed by atoms with Crippen molar-refractivity contribution in [3.63, 3.8) is 0 Å². The van der Waals surface area contributed by atoms with Crippen molar-refractivity contribution >= 4 is 64.1 Å². The minimum atomic E-state index is -1.48. The largest absolute Gasteiger partial charge is 0.458 e. The summed E-state index contributed by atoms with van der Waals surface area (Å²) in [5.41, 5.74) is 12.3. The van der Waals surface area contributed by atoms with E-state index in [4.69, 9.17) is 20.2 Å². The van der Waals surface area contributed by atoms with Gasteiger partial charge in [0, 0.05) is 53.6 Å². The standard InChI is InChI=1S/C24H35N7O9.C22H17FN2O4.C7H8.C2H6/c25-24(39)15-8-16(9-15)40-14-30-21(36)13-29-20(35)12-28-19(34)11-27-18(33)10-26-17(32)4-2-1-3-7-31-22(37)5-6-23(31)38;1-9-10-3-2-4-11-13-7-25-17(19(13)24-16(18(10)11)6-15(9)23)5-12-14(21(25)27)8-29-22(28)20(12)26;1-7-5-3-2-4-6-7;1-2/h5-6,15-16H,1-4,7-14H2,(H2,25,39)(H,26,32)(H,27,33)(H,28,34)(H,29,35)(H,30,36);5-6,20,26H,2-4,7-8H2,1H3;2-6H,1H3;1-2H3. The minimum absolute atomic E-state index is 0.0783. The van der Waals surface area contributed by atoms with E-state index < -0.39 is 48.8 Å². The molecule has 0 saturated heterocycles. The normalized spacial score (nSPS) is 16.9. The summed E-state index contributed by atoms with van der Waals surface area (Å²) < 4.78 is 26.4. The van der Waals surface area contributed by atoms with Crippen LogP contribution in [0.3, 0.4) is 0 Å². The Hall–Kier alpha value is -8.18. The Morgan fingerprint density at radius 3 is 1.95 bits per heavy atom. The van der Waals surface area contributed by atoms with Crippen LogP contribution < -0.4 is 37.9 Å². The SMILES string of the molecule is CC.Cc1c(F)cc2nc3c(c4c2c1CCC4)Cn1c-3cc2c(c1=O)COC(=O)C2O.Cc1ccccc1.NC(=O)C1CC(OCNC(=O)CNC(=O)CNC(=O)CNC(=O)CNC(=O)CCCCCN2C(=O)C=CC2=O)C1. The number of cyclic esters (lactones) is 1. The number of imide groups is 1. The van der Waals surface area contributed by atoms with E-state index in [9.17, 15) is 57.4 Å². The molecule has 22 nitrogen and oxygen atoms in total. The molecule has 2 aliphatic carbocycles. The third kappa shape index (κ3) is 15.1. The highest BCUT2D eigenvalue weighted by Crippen LogP contribution is 2.42. The molecule has 23 heteroatoms. The molecule has 0 bridgehead atoms. The molecule has 416 valence electrons. The Kier molecular flexibility index (Phi) is 21.0. The number of aliphatic hydroxyl groups excluding tert-OH is 1. The summed E-state index contributed by atoms with van der Waals surface area (Å²) in [7, 11) is 0. The van der Waals surface area contributed by atoms with Crippen LogP contribution in [0.15, 0.2) is 59.4 Å². The molecule has 2 aromatic heterocycles. The van der Waals surface area contributed by atoms with Crippen LogP contribution in [0, 0.1) is 25.6 Å². The van der Waals surface area contributed by atoms with Gasteiger partial charge in [-0.05, 0) is 81.5 Å². The summed E-state index contributed by atoms with van der Waals surface area (Å²) >= 11 is 0. The van der Waals surface area contributed by atoms with Gasteiger partial charge in [0.15, 0.2) is 6.10 Å². The van der Waals surface area contributed by atoms with Crippen molar-refractivity contribution in [3.8, 4) is 11.4 Å². The van der Waals surface area contributed by atoms with Gasteiger partial charge in [0.1, 0.15) is 19.2 Å². The van der Waals surface area contributed by atoms with Crippen LogP contribution in [0.25, 0.3) is 22.3 Å². The van der Waals surface area contributed by atoms with Gasteiger partial charge in [-0.1, -0.05) is 56.2 Å². The number of rotatable bonds is 18. The third-order valence-electron chi connectivity index (χ3n) is 13.5. The predicted molar refractivity (Wildman–Crippen MR) is 281 cm³/mol. The molecular formula is C55H66FN9O13. The minimum Gasteiger partial charge on any atom is -0.458 e. The first-order valence-electron chi connectivity index (χ1n) is 25.9. The van der Waals surface area contributed by atoms with Gasteiger partial charge >= 0.3 is 5.97 Å². The Bertz CT molecular complexity index is 3030. The molecule has 78 heavy (non-hydrogen) atoms. The van der Waals surface area contributed by atoms with Crippen LogP contribution in [0.5, 0.6) is 0 Å². The molecule has 5 aliphatic rings. The van der Waals surface area contributed by atoms with Crippen molar-refractivity contribution in [2.75, 3.05) is 39.5 Å². The van der Waals surface area contributed by atoms with Crippen molar-refractivity contribution < 1.29 is 62.1 Å². The number of aryl methyl sites for hydroxylation is 3. The van der Waals surface area contributed by atoms with Crippen molar-refractivity contribution in [2.24, 2.45) is 11.7 Å². The fourth-order valence-corrected chi connectivity index (χ4v) is 9.21. The molecular weight excluding hydrogens is 1010 g/mol. The Morgan fingerprint density at radius 2 is 1.36 bits per heavy atom. The molecule has 4 aromatic rings. The number of hydrogen-bond donors (Lipinski definition) is 7. The Balaban J connectivity index is 0.000000223. The summed E-state index contributed by atoms with van der Waals surface area (Å²) in [6.45, 7) is 6.84. The summed E-state index contributed by atoms with van der Waals surface area (Å²) in [6.07, 6.45) is 6.24. The predicted octanol–water partition coefficient (Wildman–Crippen LogP) is 1.76. The third-order valence-corrected chi connectivity index (χ3v) is 13.5. The van der Waals surface area contributed by atoms with Crippen molar-refractivity contribution in [2.45, 2.75) is 111 Å². The van der Waals surface area contributed by atoms with Gasteiger partial charge in [-0.25, -0.2) is 14.2 Å². The highest BCUT2D eigenvalue weighted by Gasteiger charge is 2.36. The van der Waals surface area contributed by atoms with E-state index in [2.05, 4.69) is 45.6 Å². The lowest BCUT2D eigenvalue weighted by Crippen LogP contribution is -2.46. The molecule has 2 aromatic carbocycles. The first kappa shape index (κ1) is 59.1. The van der Waals surface area contributed by atoms with Crippen LogP contribution in [0.4, 0.5) is 4.39 Å². The second kappa shape index (κ2) is 27.7. The van der Waals surface area contributed by atoms with Gasteiger partial charge in [0.25, 0.3) is 17.4 Å². The fourth-order valence-electron chi connectivity index (χ4n) is 9.21. The first-order valence-corrected chi connectivity index (χ1v) is 25.9. The number of unbranched alkanes of at least 4 members (excludes halogenated alkanes) is 2. The number of fused-ring (bicyclic) bond motifs is 5. The topological polar surface area (TPSA) is 317 Å². The van der Waals surface area contributed by atoms with Crippen molar-refractivity contribution in [1.82, 2.24) is 41.0 Å². The zero-order valence-electron chi connectivity index (χ0n) is 44.1. The summed E-state index contributed by atoms with van der Waals surface area (Å²) in [5.74, 6) is -5.04. The maximum absolute atomic E-state index is 14.5. The second-order valence-corrected chi connectivity index (χ2v) is 18.8. The van der Waals surface area contributed by atoms with Crippen LogP contribution in [0.2, 0.25) is 0 Å². The number of benzene rings is 2. The lowest BCUT2D eigenvalue weighted by Gasteiger charge is -2.32. The number of carbonyl (C=O) groups is 9. The fraction of sp³-hybridized carbons (Fsp3) is 0.436. The van der Waals surface area contributed by atoms with Crippen LogP contribution in [-0.2, 0) is 78.6 Å². The van der Waals surface area contributed by atoms with E-state index in [0.717, 1.165) is 46.2 Å². The number of primary amides is 1. The Morgan fingerprint density at radius 1 is 0.769 bits per heavy atom. The number of nitrogens with zero attached hydrogens (tertiary/aromatic N) is 3. The van der Waals surface area contributed by atoms with Crippen LogP contribution in [-0.4, -0.2) is 118 Å². The van der Waals surface area contributed by atoms with E-state index in [0.29, 0.717) is 66.7 Å². The van der Waals surface area contributed by atoms with Gasteiger partial charge in [-0.15, -0.1) is 0 Å². The Labute approximate surface area is 449 Å². The van der Waals surface area contributed by atoms with Crippen molar-refractivity contribution in [1.29, 1.82) is 0 Å². The number of carbonyl (C=O) groups excluding carboxylic acids is 9. The summed E-state index contributed by atoms with van der Waals surface area (Å²) in [6, 6.07) is 13.4.